The molecule has 5 nitrogen and oxygen atoms in total. The number of hydrogen-bond acceptors (Lipinski definition) is 3. The SMILES string of the molecule is Cc1nn(C)c(C)c1NS(=O)(=O)c1ccc(F)c(F)c1F. The van der Waals surface area contributed by atoms with Crippen molar-refractivity contribution in [2.45, 2.75) is 18.7 Å². The largest absolute Gasteiger partial charge is 0.276 e. The van der Waals surface area contributed by atoms with Gasteiger partial charge in [-0.05, 0) is 26.0 Å². The van der Waals surface area contributed by atoms with E-state index in [-0.39, 0.29) is 5.69 Å². The van der Waals surface area contributed by atoms with Gasteiger partial charge in [-0.1, -0.05) is 0 Å². The van der Waals surface area contributed by atoms with Gasteiger partial charge in [0.1, 0.15) is 4.90 Å². The van der Waals surface area contributed by atoms with E-state index in [2.05, 4.69) is 9.82 Å². The summed E-state index contributed by atoms with van der Waals surface area (Å²) in [7, 11) is -2.79. The molecule has 9 heteroatoms. The number of rotatable bonds is 3. The lowest BCUT2D eigenvalue weighted by Crippen LogP contribution is -2.16. The van der Waals surface area contributed by atoms with Crippen LogP contribution < -0.4 is 4.72 Å². The molecule has 0 bridgehead atoms. The molecule has 0 unspecified atom stereocenters. The number of benzene rings is 1. The third-order valence-corrected chi connectivity index (χ3v) is 4.40. The van der Waals surface area contributed by atoms with Crippen LogP contribution in [-0.2, 0) is 17.1 Å². The zero-order valence-corrected chi connectivity index (χ0v) is 12.2. The van der Waals surface area contributed by atoms with Crippen molar-refractivity contribution in [2.75, 3.05) is 4.72 Å². The van der Waals surface area contributed by atoms with Crippen LogP contribution in [0, 0.1) is 31.3 Å². The van der Waals surface area contributed by atoms with E-state index < -0.39 is 32.4 Å². The first-order chi connectivity index (χ1) is 9.65. The van der Waals surface area contributed by atoms with Crippen molar-refractivity contribution < 1.29 is 21.6 Å². The first-order valence-corrected chi connectivity index (χ1v) is 7.30. The van der Waals surface area contributed by atoms with E-state index in [4.69, 9.17) is 0 Å². The highest BCUT2D eigenvalue weighted by Gasteiger charge is 2.26. The topological polar surface area (TPSA) is 64.0 Å². The fourth-order valence-corrected chi connectivity index (χ4v) is 3.07. The van der Waals surface area contributed by atoms with Crippen molar-refractivity contribution in [3.8, 4) is 0 Å². The maximum Gasteiger partial charge on any atom is 0.265 e. The second kappa shape index (κ2) is 5.06. The minimum absolute atomic E-state index is 0.168. The summed E-state index contributed by atoms with van der Waals surface area (Å²) in [6.07, 6.45) is 0. The maximum atomic E-state index is 13.6. The summed E-state index contributed by atoms with van der Waals surface area (Å²) in [4.78, 5) is -0.968. The molecule has 0 aliphatic carbocycles. The van der Waals surface area contributed by atoms with Gasteiger partial charge in [-0.15, -0.1) is 0 Å². The van der Waals surface area contributed by atoms with Gasteiger partial charge in [-0.2, -0.15) is 5.10 Å². The van der Waals surface area contributed by atoms with Crippen molar-refractivity contribution >= 4 is 15.7 Å². The summed E-state index contributed by atoms with van der Waals surface area (Å²) < 4.78 is 67.5. The predicted octanol–water partition coefficient (Wildman–Crippen LogP) is 2.26. The number of hydrogen-bond donors (Lipinski definition) is 1. The standard InChI is InChI=1S/C12H12F3N3O2S/c1-6-12(7(2)18(3)16-6)17-21(19,20)9-5-4-8(13)10(14)11(9)15/h4-5,17H,1-3H3. The molecule has 0 atom stereocenters. The molecule has 0 radical (unpaired) electrons. The molecule has 1 aromatic heterocycles. The molecule has 1 aromatic carbocycles. The first kappa shape index (κ1) is 15.4. The molecule has 0 saturated heterocycles. The van der Waals surface area contributed by atoms with E-state index in [1.165, 1.54) is 4.68 Å². The van der Waals surface area contributed by atoms with Crippen molar-refractivity contribution in [3.63, 3.8) is 0 Å². The number of aryl methyl sites for hydroxylation is 2. The Labute approximate surface area is 119 Å². The number of halogens is 3. The lowest BCUT2D eigenvalue weighted by Gasteiger charge is -2.09. The minimum Gasteiger partial charge on any atom is -0.276 e. The molecule has 0 fully saturated rings. The van der Waals surface area contributed by atoms with Gasteiger partial charge in [0.15, 0.2) is 17.5 Å². The Kier molecular flexibility index (Phi) is 3.70. The lowest BCUT2D eigenvalue weighted by atomic mass is 10.3. The molecule has 0 aliphatic rings. The summed E-state index contributed by atoms with van der Waals surface area (Å²) in [6, 6.07) is 1.22. The molecular formula is C12H12F3N3O2S. The van der Waals surface area contributed by atoms with Gasteiger partial charge in [0, 0.05) is 7.05 Å². The number of nitrogens with zero attached hydrogens (tertiary/aromatic N) is 2. The normalized spacial score (nSPS) is 11.7. The molecule has 0 spiro atoms. The van der Waals surface area contributed by atoms with Gasteiger partial charge in [-0.25, -0.2) is 21.6 Å². The van der Waals surface area contributed by atoms with E-state index in [9.17, 15) is 21.6 Å². The van der Waals surface area contributed by atoms with E-state index in [0.717, 1.165) is 0 Å². The number of nitrogens with one attached hydrogen (secondary N) is 1. The van der Waals surface area contributed by atoms with Crippen LogP contribution in [0.15, 0.2) is 17.0 Å². The first-order valence-electron chi connectivity index (χ1n) is 5.81. The molecule has 0 saturated carbocycles. The molecule has 0 aliphatic heterocycles. The number of sulfonamides is 1. The second-order valence-corrected chi connectivity index (χ2v) is 6.10. The van der Waals surface area contributed by atoms with E-state index >= 15 is 0 Å². The summed E-state index contributed by atoms with van der Waals surface area (Å²) in [5.41, 5.74) is 1.04. The smallest absolute Gasteiger partial charge is 0.265 e. The van der Waals surface area contributed by atoms with E-state index in [1.54, 1.807) is 20.9 Å². The van der Waals surface area contributed by atoms with Crippen molar-refractivity contribution in [1.82, 2.24) is 9.78 Å². The maximum absolute atomic E-state index is 13.6. The average molecular weight is 319 g/mol. The highest BCUT2D eigenvalue weighted by Crippen LogP contribution is 2.25. The summed E-state index contributed by atoms with van der Waals surface area (Å²) in [5.74, 6) is -5.06. The van der Waals surface area contributed by atoms with Crippen LogP contribution in [0.3, 0.4) is 0 Å². The van der Waals surface area contributed by atoms with Crippen LogP contribution in [0.4, 0.5) is 18.9 Å². The molecule has 1 heterocycles. The Morgan fingerprint density at radius 1 is 1.14 bits per heavy atom. The van der Waals surface area contributed by atoms with Crippen LogP contribution in [0.1, 0.15) is 11.4 Å². The third-order valence-electron chi connectivity index (χ3n) is 3.03. The fourth-order valence-electron chi connectivity index (χ4n) is 1.83. The molecule has 2 rings (SSSR count). The zero-order valence-electron chi connectivity index (χ0n) is 11.4. The summed E-state index contributed by atoms with van der Waals surface area (Å²) >= 11 is 0. The second-order valence-electron chi connectivity index (χ2n) is 4.45. The Bertz CT molecular complexity index is 816. The summed E-state index contributed by atoms with van der Waals surface area (Å²) in [5, 5.41) is 4.00. The van der Waals surface area contributed by atoms with Gasteiger partial charge >= 0.3 is 0 Å². The fraction of sp³-hybridized carbons (Fsp3) is 0.250. The van der Waals surface area contributed by atoms with Gasteiger partial charge in [0.05, 0.1) is 17.1 Å². The van der Waals surface area contributed by atoms with Crippen molar-refractivity contribution in [1.29, 1.82) is 0 Å². The van der Waals surface area contributed by atoms with Gasteiger partial charge in [0.2, 0.25) is 0 Å². The average Bonchev–Trinajstić information content (AvgIpc) is 2.62. The number of aromatic nitrogens is 2. The Morgan fingerprint density at radius 2 is 1.76 bits per heavy atom. The summed E-state index contributed by atoms with van der Waals surface area (Å²) in [6.45, 7) is 3.17. The van der Waals surface area contributed by atoms with Crippen LogP contribution in [0.25, 0.3) is 0 Å². The molecule has 1 N–H and O–H groups in total. The van der Waals surface area contributed by atoms with Crippen molar-refractivity contribution in [2.24, 2.45) is 7.05 Å². The number of anilines is 1. The highest BCUT2D eigenvalue weighted by atomic mass is 32.2. The lowest BCUT2D eigenvalue weighted by molar-refractivity contribution is 0.432. The molecule has 114 valence electrons. The monoisotopic (exact) mass is 319 g/mol. The van der Waals surface area contributed by atoms with E-state index in [1.807, 2.05) is 0 Å². The van der Waals surface area contributed by atoms with Gasteiger partial charge in [-0.3, -0.25) is 9.40 Å². The van der Waals surface area contributed by atoms with Crippen molar-refractivity contribution in [3.05, 3.63) is 41.0 Å². The van der Waals surface area contributed by atoms with Crippen LogP contribution in [0.5, 0.6) is 0 Å². The Hall–Kier alpha value is -2.03. The molecule has 0 amide bonds. The van der Waals surface area contributed by atoms with E-state index in [0.29, 0.717) is 23.5 Å². The minimum atomic E-state index is -4.40. The Balaban J connectivity index is 2.51. The predicted molar refractivity (Wildman–Crippen MR) is 69.8 cm³/mol. The molecular weight excluding hydrogens is 307 g/mol. The van der Waals surface area contributed by atoms with Crippen LogP contribution in [-0.4, -0.2) is 18.2 Å². The van der Waals surface area contributed by atoms with Gasteiger partial charge in [0.25, 0.3) is 10.0 Å². The third kappa shape index (κ3) is 2.60. The van der Waals surface area contributed by atoms with Crippen LogP contribution >= 0.6 is 0 Å². The van der Waals surface area contributed by atoms with Crippen LogP contribution in [0.2, 0.25) is 0 Å². The quantitative estimate of drug-likeness (QED) is 0.883. The molecule has 21 heavy (non-hydrogen) atoms. The molecule has 2 aromatic rings. The Morgan fingerprint density at radius 3 is 2.29 bits per heavy atom. The highest BCUT2D eigenvalue weighted by molar-refractivity contribution is 7.92. The van der Waals surface area contributed by atoms with Gasteiger partial charge < -0.3 is 0 Å². The zero-order chi connectivity index (χ0) is 15.9.